The van der Waals surface area contributed by atoms with Crippen molar-refractivity contribution in [1.29, 1.82) is 0 Å². The highest BCUT2D eigenvalue weighted by Gasteiger charge is 2.38. The zero-order valence-corrected chi connectivity index (χ0v) is 15.7. The van der Waals surface area contributed by atoms with Gasteiger partial charge in [-0.1, -0.05) is 6.07 Å². The molecule has 3 rings (SSSR count). The Morgan fingerprint density at radius 3 is 2.36 bits per heavy atom. The van der Waals surface area contributed by atoms with E-state index in [0.29, 0.717) is 16.9 Å². The maximum atomic E-state index is 13.8. The molecule has 0 amide bonds. The Bertz CT molecular complexity index is 1120. The Labute approximate surface area is 159 Å². The molecule has 2 N–H and O–H groups in total. The van der Waals surface area contributed by atoms with Gasteiger partial charge in [-0.05, 0) is 53.9 Å². The van der Waals surface area contributed by atoms with Crippen LogP contribution in [0.4, 0.5) is 13.2 Å². The second-order valence-electron chi connectivity index (χ2n) is 6.05. The number of hydrogen-bond acceptors (Lipinski definition) is 4. The second-order valence-corrected chi connectivity index (χ2v) is 7.58. The van der Waals surface area contributed by atoms with Crippen molar-refractivity contribution >= 4 is 10.0 Å². The molecule has 1 heterocycles. The molecule has 0 saturated carbocycles. The lowest BCUT2D eigenvalue weighted by molar-refractivity contribution is -0.137. The lowest BCUT2D eigenvalue weighted by Crippen LogP contribution is -2.20. The molecule has 0 aliphatic heterocycles. The maximum absolute atomic E-state index is 13.8. The fraction of sp³-hybridized carbons (Fsp3) is 0.167. The number of methoxy groups -OCH3 is 1. The molecule has 6 nitrogen and oxygen atoms in total. The SMILES string of the molecule is COc1ccc(-c2cc(C(F)(F)F)c(-n3cccn3)c(S(N)(=O)=O)c2)cc1C. The van der Waals surface area contributed by atoms with Gasteiger partial charge >= 0.3 is 6.18 Å². The summed E-state index contributed by atoms with van der Waals surface area (Å²) in [5.74, 6) is 0.555. The monoisotopic (exact) mass is 411 g/mol. The van der Waals surface area contributed by atoms with Gasteiger partial charge in [-0.15, -0.1) is 0 Å². The summed E-state index contributed by atoms with van der Waals surface area (Å²) in [6.07, 6.45) is -2.37. The van der Waals surface area contributed by atoms with Gasteiger partial charge in [0, 0.05) is 12.4 Å². The van der Waals surface area contributed by atoms with Crippen molar-refractivity contribution in [1.82, 2.24) is 9.78 Å². The summed E-state index contributed by atoms with van der Waals surface area (Å²) >= 11 is 0. The lowest BCUT2D eigenvalue weighted by Gasteiger charge is -2.18. The molecular formula is C18H16F3N3O3S. The minimum atomic E-state index is -4.84. The molecule has 0 radical (unpaired) electrons. The normalized spacial score (nSPS) is 12.2. The first kappa shape index (κ1) is 19.9. The molecule has 0 unspecified atom stereocenters. The minimum Gasteiger partial charge on any atom is -0.496 e. The number of ether oxygens (including phenoxy) is 1. The van der Waals surface area contributed by atoms with E-state index in [2.05, 4.69) is 5.10 Å². The molecule has 148 valence electrons. The third-order valence-electron chi connectivity index (χ3n) is 4.15. The van der Waals surface area contributed by atoms with Gasteiger partial charge in [0.2, 0.25) is 10.0 Å². The van der Waals surface area contributed by atoms with Gasteiger partial charge in [0.15, 0.2) is 0 Å². The number of aromatic nitrogens is 2. The third-order valence-corrected chi connectivity index (χ3v) is 5.07. The zero-order valence-electron chi connectivity index (χ0n) is 14.9. The average molecular weight is 411 g/mol. The van der Waals surface area contributed by atoms with E-state index in [9.17, 15) is 21.6 Å². The van der Waals surface area contributed by atoms with Gasteiger partial charge < -0.3 is 4.74 Å². The number of primary sulfonamides is 1. The molecule has 0 saturated heterocycles. The van der Waals surface area contributed by atoms with Crippen molar-refractivity contribution in [3.8, 4) is 22.6 Å². The van der Waals surface area contributed by atoms with Gasteiger partial charge in [-0.2, -0.15) is 18.3 Å². The van der Waals surface area contributed by atoms with Crippen molar-refractivity contribution < 1.29 is 26.3 Å². The molecule has 0 spiro atoms. The van der Waals surface area contributed by atoms with E-state index in [1.165, 1.54) is 25.6 Å². The molecule has 0 aliphatic carbocycles. The van der Waals surface area contributed by atoms with Crippen molar-refractivity contribution in [3.63, 3.8) is 0 Å². The summed E-state index contributed by atoms with van der Waals surface area (Å²) in [6, 6.07) is 8.12. The number of halogens is 3. The Kier molecular flexibility index (Phi) is 4.94. The van der Waals surface area contributed by atoms with Gasteiger partial charge in [-0.3, -0.25) is 0 Å². The summed E-state index contributed by atoms with van der Waals surface area (Å²) in [4.78, 5) is -0.672. The van der Waals surface area contributed by atoms with Gasteiger partial charge in [0.25, 0.3) is 0 Å². The van der Waals surface area contributed by atoms with E-state index in [1.54, 1.807) is 25.1 Å². The van der Waals surface area contributed by atoms with Crippen LogP contribution in [0.2, 0.25) is 0 Å². The Balaban J connectivity index is 2.37. The predicted octanol–water partition coefficient (Wildman–Crippen LogP) is 3.52. The first-order chi connectivity index (χ1) is 13.0. The molecule has 10 heteroatoms. The molecule has 0 fully saturated rings. The summed E-state index contributed by atoms with van der Waals surface area (Å²) in [6.45, 7) is 1.73. The van der Waals surface area contributed by atoms with Gasteiger partial charge in [0.1, 0.15) is 10.6 Å². The number of alkyl halides is 3. The van der Waals surface area contributed by atoms with Crippen molar-refractivity contribution in [2.75, 3.05) is 7.11 Å². The highest BCUT2D eigenvalue weighted by Crippen LogP contribution is 2.40. The number of rotatable bonds is 4. The molecule has 3 aromatic rings. The van der Waals surface area contributed by atoms with Crippen LogP contribution < -0.4 is 9.88 Å². The van der Waals surface area contributed by atoms with Gasteiger partial charge in [-0.25, -0.2) is 18.2 Å². The summed E-state index contributed by atoms with van der Waals surface area (Å²) in [7, 11) is -3.01. The standard InChI is InChI=1S/C18H16F3N3O3S/c1-11-8-12(4-5-15(11)27-2)13-9-14(18(19,20)21)17(24-7-3-6-23-24)16(10-13)28(22,25)26/h3-10H,1-2H3,(H2,22,25,26). The fourth-order valence-electron chi connectivity index (χ4n) is 2.90. The predicted molar refractivity (Wildman–Crippen MR) is 96.7 cm³/mol. The van der Waals surface area contributed by atoms with Gasteiger partial charge in [0.05, 0.1) is 18.4 Å². The largest absolute Gasteiger partial charge is 0.496 e. The van der Waals surface area contributed by atoms with Crippen molar-refractivity contribution in [3.05, 3.63) is 59.9 Å². The van der Waals surface area contributed by atoms with Crippen LogP contribution in [-0.4, -0.2) is 25.3 Å². The number of benzene rings is 2. The first-order valence-electron chi connectivity index (χ1n) is 7.95. The van der Waals surface area contributed by atoms with E-state index in [4.69, 9.17) is 9.88 Å². The average Bonchev–Trinajstić information content (AvgIpc) is 3.13. The first-order valence-corrected chi connectivity index (χ1v) is 9.50. The number of nitrogens with two attached hydrogens (primary N) is 1. The van der Waals surface area contributed by atoms with Crippen LogP contribution in [0.5, 0.6) is 5.75 Å². The fourth-order valence-corrected chi connectivity index (χ4v) is 3.67. The topological polar surface area (TPSA) is 87.2 Å². The molecule has 28 heavy (non-hydrogen) atoms. The Morgan fingerprint density at radius 1 is 1.14 bits per heavy atom. The van der Waals surface area contributed by atoms with Crippen LogP contribution in [0.25, 0.3) is 16.8 Å². The van der Waals surface area contributed by atoms with Crippen molar-refractivity contribution in [2.45, 2.75) is 18.0 Å². The van der Waals surface area contributed by atoms with Crippen LogP contribution in [0.1, 0.15) is 11.1 Å². The Hall–Kier alpha value is -2.85. The number of sulfonamides is 1. The number of hydrogen-bond donors (Lipinski definition) is 1. The molecule has 1 aromatic heterocycles. The van der Waals surface area contributed by atoms with Crippen LogP contribution in [0.3, 0.4) is 0 Å². The summed E-state index contributed by atoms with van der Waals surface area (Å²) in [5, 5.41) is 9.00. The Morgan fingerprint density at radius 2 is 1.86 bits per heavy atom. The van der Waals surface area contributed by atoms with Crippen LogP contribution in [0, 0.1) is 6.92 Å². The zero-order chi connectivity index (χ0) is 20.7. The lowest BCUT2D eigenvalue weighted by atomic mass is 9.99. The summed E-state index contributed by atoms with van der Waals surface area (Å²) in [5.41, 5.74) is -0.680. The van der Waals surface area contributed by atoms with E-state index >= 15 is 0 Å². The highest BCUT2D eigenvalue weighted by atomic mass is 32.2. The molecule has 0 aliphatic rings. The molecule has 0 bridgehead atoms. The molecule has 0 atom stereocenters. The number of aryl methyl sites for hydroxylation is 1. The highest BCUT2D eigenvalue weighted by molar-refractivity contribution is 7.89. The van der Waals surface area contributed by atoms with Crippen molar-refractivity contribution in [2.24, 2.45) is 5.14 Å². The molecular weight excluding hydrogens is 395 g/mol. The maximum Gasteiger partial charge on any atom is 0.418 e. The molecule has 2 aromatic carbocycles. The van der Waals surface area contributed by atoms with Crippen LogP contribution in [-0.2, 0) is 16.2 Å². The summed E-state index contributed by atoms with van der Waals surface area (Å²) < 4.78 is 71.7. The van der Waals surface area contributed by atoms with Crippen LogP contribution in [0.15, 0.2) is 53.7 Å². The van der Waals surface area contributed by atoms with E-state index < -0.39 is 32.3 Å². The number of nitrogens with zero attached hydrogens (tertiary/aromatic N) is 2. The third kappa shape index (κ3) is 3.73. The van der Waals surface area contributed by atoms with E-state index in [1.807, 2.05) is 0 Å². The van der Waals surface area contributed by atoms with E-state index in [-0.39, 0.29) is 5.56 Å². The van der Waals surface area contributed by atoms with Crippen LogP contribution >= 0.6 is 0 Å². The second kappa shape index (κ2) is 6.95. The minimum absolute atomic E-state index is 0.0537. The smallest absolute Gasteiger partial charge is 0.418 e. The quantitative estimate of drug-likeness (QED) is 0.712. The van der Waals surface area contributed by atoms with E-state index in [0.717, 1.165) is 16.8 Å².